The lowest BCUT2D eigenvalue weighted by molar-refractivity contribution is -0.113. The lowest BCUT2D eigenvalue weighted by atomic mass is 10.2. The molecule has 0 aliphatic rings. The Bertz CT molecular complexity index is 715. The Hall–Kier alpha value is -2.46. The summed E-state index contributed by atoms with van der Waals surface area (Å²) in [5.41, 5.74) is 1.17. The minimum atomic E-state index is -0.169. The van der Waals surface area contributed by atoms with Gasteiger partial charge in [0.2, 0.25) is 11.1 Å². The largest absolute Gasteiger partial charge is 0.355 e. The fourth-order valence-electron chi connectivity index (χ4n) is 1.91. The van der Waals surface area contributed by atoms with E-state index in [4.69, 9.17) is 0 Å². The molecule has 25 heavy (non-hydrogen) atoms. The Morgan fingerprint density at radius 3 is 2.60 bits per heavy atom. The van der Waals surface area contributed by atoms with E-state index < -0.39 is 0 Å². The number of likely N-dealkylation sites (N-methyl/N-ethyl adjacent to an activating group) is 1. The predicted molar refractivity (Wildman–Crippen MR) is 95.6 cm³/mol. The van der Waals surface area contributed by atoms with Crippen molar-refractivity contribution in [1.29, 1.82) is 0 Å². The van der Waals surface area contributed by atoms with Crippen LogP contribution in [-0.2, 0) is 11.3 Å². The molecule has 10 heteroatoms. The first-order valence-corrected chi connectivity index (χ1v) is 8.64. The van der Waals surface area contributed by atoms with Gasteiger partial charge in [0, 0.05) is 24.8 Å². The second kappa shape index (κ2) is 9.14. The standard InChI is InChI=1S/C15H21N7O2S/c1-16-14(24)11-4-6-12(7-5-11)17-13(23)10-25-15-18-19-20-22(15)9-8-21(2)3/h4-7H,8-10H2,1-3H3,(H,16,24)(H,17,23). The molecule has 1 heterocycles. The highest BCUT2D eigenvalue weighted by Crippen LogP contribution is 2.15. The van der Waals surface area contributed by atoms with Gasteiger partial charge in [0.1, 0.15) is 0 Å². The minimum absolute atomic E-state index is 0.167. The summed E-state index contributed by atoms with van der Waals surface area (Å²) in [4.78, 5) is 25.6. The monoisotopic (exact) mass is 363 g/mol. The van der Waals surface area contributed by atoms with Gasteiger partial charge in [0.15, 0.2) is 0 Å². The third kappa shape index (κ3) is 5.84. The summed E-state index contributed by atoms with van der Waals surface area (Å²) in [6, 6.07) is 6.69. The van der Waals surface area contributed by atoms with Crippen LogP contribution in [0.1, 0.15) is 10.4 Å². The molecule has 9 nitrogen and oxygen atoms in total. The molecule has 0 bridgehead atoms. The van der Waals surface area contributed by atoms with Crippen molar-refractivity contribution in [1.82, 2.24) is 30.4 Å². The molecular formula is C15H21N7O2S. The van der Waals surface area contributed by atoms with Gasteiger partial charge < -0.3 is 15.5 Å². The Balaban J connectivity index is 1.85. The Kier molecular flexibility index (Phi) is 6.90. The number of carbonyl (C=O) groups is 2. The molecule has 1 aromatic carbocycles. The van der Waals surface area contributed by atoms with Gasteiger partial charge in [0.25, 0.3) is 5.91 Å². The molecule has 134 valence electrons. The number of hydrogen-bond donors (Lipinski definition) is 2. The van der Waals surface area contributed by atoms with Crippen molar-refractivity contribution in [3.63, 3.8) is 0 Å². The highest BCUT2D eigenvalue weighted by Gasteiger charge is 2.11. The lowest BCUT2D eigenvalue weighted by Crippen LogP contribution is -2.20. The maximum absolute atomic E-state index is 12.1. The fraction of sp³-hybridized carbons (Fsp3) is 0.400. The first-order valence-electron chi connectivity index (χ1n) is 7.65. The second-order valence-electron chi connectivity index (χ2n) is 5.48. The molecule has 2 aromatic rings. The summed E-state index contributed by atoms with van der Waals surface area (Å²) in [5, 5.41) is 17.4. The third-order valence-corrected chi connectivity index (χ3v) is 4.21. The maximum Gasteiger partial charge on any atom is 0.251 e. The van der Waals surface area contributed by atoms with Crippen LogP contribution < -0.4 is 10.6 Å². The number of amides is 2. The van der Waals surface area contributed by atoms with E-state index in [9.17, 15) is 9.59 Å². The van der Waals surface area contributed by atoms with E-state index in [0.717, 1.165) is 6.54 Å². The van der Waals surface area contributed by atoms with Crippen LogP contribution in [0.2, 0.25) is 0 Å². The van der Waals surface area contributed by atoms with Gasteiger partial charge in [-0.05, 0) is 48.8 Å². The van der Waals surface area contributed by atoms with Crippen LogP contribution in [0.4, 0.5) is 5.69 Å². The highest BCUT2D eigenvalue weighted by atomic mass is 32.2. The quantitative estimate of drug-likeness (QED) is 0.651. The number of thioether (sulfide) groups is 1. The van der Waals surface area contributed by atoms with Crippen LogP contribution in [0.25, 0.3) is 0 Å². The zero-order valence-corrected chi connectivity index (χ0v) is 15.2. The Labute approximate surface area is 150 Å². The van der Waals surface area contributed by atoms with Gasteiger partial charge in [-0.3, -0.25) is 9.59 Å². The van der Waals surface area contributed by atoms with Crippen LogP contribution in [0.5, 0.6) is 0 Å². The van der Waals surface area contributed by atoms with Gasteiger partial charge in [-0.25, -0.2) is 4.68 Å². The first-order chi connectivity index (χ1) is 12.0. The van der Waals surface area contributed by atoms with Gasteiger partial charge in [-0.15, -0.1) is 5.10 Å². The SMILES string of the molecule is CNC(=O)c1ccc(NC(=O)CSc2nnnn2CCN(C)C)cc1. The number of nitrogens with zero attached hydrogens (tertiary/aromatic N) is 5. The van der Waals surface area contributed by atoms with Crippen molar-refractivity contribution >= 4 is 29.3 Å². The van der Waals surface area contributed by atoms with Crippen molar-refractivity contribution in [2.75, 3.05) is 38.8 Å². The number of hydrogen-bond acceptors (Lipinski definition) is 7. The Morgan fingerprint density at radius 2 is 1.96 bits per heavy atom. The summed E-state index contributed by atoms with van der Waals surface area (Å²) in [6.07, 6.45) is 0. The molecule has 2 N–H and O–H groups in total. The fourth-order valence-corrected chi connectivity index (χ4v) is 2.61. The van der Waals surface area contributed by atoms with Crippen LogP contribution in [0.3, 0.4) is 0 Å². The van der Waals surface area contributed by atoms with E-state index in [1.165, 1.54) is 11.8 Å². The molecule has 0 atom stereocenters. The molecule has 0 saturated carbocycles. The van der Waals surface area contributed by atoms with E-state index >= 15 is 0 Å². The number of tetrazole rings is 1. The molecule has 0 fully saturated rings. The summed E-state index contributed by atoms with van der Waals surface area (Å²) >= 11 is 1.28. The summed E-state index contributed by atoms with van der Waals surface area (Å²) in [5.74, 6) is -0.141. The molecule has 2 rings (SSSR count). The zero-order chi connectivity index (χ0) is 18.2. The predicted octanol–water partition coefficient (Wildman–Crippen LogP) is 0.325. The third-order valence-electron chi connectivity index (χ3n) is 3.25. The number of benzene rings is 1. The molecule has 0 saturated heterocycles. The van der Waals surface area contributed by atoms with E-state index in [-0.39, 0.29) is 17.6 Å². The molecule has 0 spiro atoms. The molecule has 2 amide bonds. The number of nitrogens with one attached hydrogen (secondary N) is 2. The number of anilines is 1. The van der Waals surface area contributed by atoms with Gasteiger partial charge >= 0.3 is 0 Å². The molecular weight excluding hydrogens is 342 g/mol. The molecule has 0 unspecified atom stereocenters. The molecule has 0 aliphatic heterocycles. The van der Waals surface area contributed by atoms with E-state index in [2.05, 4.69) is 26.2 Å². The molecule has 0 radical (unpaired) electrons. The first kappa shape index (κ1) is 18.9. The summed E-state index contributed by atoms with van der Waals surface area (Å²) < 4.78 is 1.68. The van der Waals surface area contributed by atoms with E-state index in [1.807, 2.05) is 19.0 Å². The van der Waals surface area contributed by atoms with E-state index in [0.29, 0.717) is 23.0 Å². The smallest absolute Gasteiger partial charge is 0.251 e. The van der Waals surface area contributed by atoms with Crippen molar-refractivity contribution in [2.24, 2.45) is 0 Å². The Morgan fingerprint density at radius 1 is 1.24 bits per heavy atom. The summed E-state index contributed by atoms with van der Waals surface area (Å²) in [6.45, 7) is 1.47. The van der Waals surface area contributed by atoms with Crippen LogP contribution in [-0.4, -0.2) is 70.4 Å². The number of carbonyl (C=O) groups excluding carboxylic acids is 2. The normalized spacial score (nSPS) is 10.7. The second-order valence-corrected chi connectivity index (χ2v) is 6.42. The topological polar surface area (TPSA) is 105 Å². The van der Waals surface area contributed by atoms with Crippen LogP contribution in [0.15, 0.2) is 29.4 Å². The van der Waals surface area contributed by atoms with Crippen molar-refractivity contribution in [3.8, 4) is 0 Å². The van der Waals surface area contributed by atoms with Gasteiger partial charge in [0.05, 0.1) is 12.3 Å². The zero-order valence-electron chi connectivity index (χ0n) is 14.4. The lowest BCUT2D eigenvalue weighted by Gasteiger charge is -2.10. The van der Waals surface area contributed by atoms with Crippen LogP contribution >= 0.6 is 11.8 Å². The van der Waals surface area contributed by atoms with E-state index in [1.54, 1.807) is 36.0 Å². The maximum atomic E-state index is 12.1. The average Bonchev–Trinajstić information content (AvgIpc) is 3.05. The van der Waals surface area contributed by atoms with Gasteiger partial charge in [-0.2, -0.15) is 0 Å². The number of rotatable bonds is 8. The van der Waals surface area contributed by atoms with Gasteiger partial charge in [-0.1, -0.05) is 11.8 Å². The highest BCUT2D eigenvalue weighted by molar-refractivity contribution is 7.99. The van der Waals surface area contributed by atoms with Crippen molar-refractivity contribution in [3.05, 3.63) is 29.8 Å². The molecule has 0 aliphatic carbocycles. The average molecular weight is 363 g/mol. The van der Waals surface area contributed by atoms with Crippen LogP contribution in [0, 0.1) is 0 Å². The minimum Gasteiger partial charge on any atom is -0.355 e. The molecule has 1 aromatic heterocycles. The van der Waals surface area contributed by atoms with Crippen molar-refractivity contribution in [2.45, 2.75) is 11.7 Å². The van der Waals surface area contributed by atoms with Crippen molar-refractivity contribution < 1.29 is 9.59 Å². The summed E-state index contributed by atoms with van der Waals surface area (Å²) in [7, 11) is 5.52. The number of aromatic nitrogens is 4.